The van der Waals surface area contributed by atoms with Gasteiger partial charge in [-0.1, -0.05) is 30.0 Å². The summed E-state index contributed by atoms with van der Waals surface area (Å²) < 4.78 is 28.1. The van der Waals surface area contributed by atoms with Crippen molar-refractivity contribution in [1.82, 2.24) is 4.72 Å². The number of nitrogens with zero attached hydrogens (tertiary/aromatic N) is 1. The van der Waals surface area contributed by atoms with Crippen LogP contribution in [0.15, 0.2) is 34.7 Å². The molecule has 98 valence electrons. The van der Waals surface area contributed by atoms with Crippen molar-refractivity contribution in [2.24, 2.45) is 4.40 Å². The molecule has 0 fully saturated rings. The number of nitrogens with one attached hydrogen (secondary N) is 2. The number of hydrogen-bond donors (Lipinski definition) is 2. The van der Waals surface area contributed by atoms with Gasteiger partial charge in [0.15, 0.2) is 5.17 Å². The van der Waals surface area contributed by atoms with Crippen LogP contribution in [0.25, 0.3) is 0 Å². The Morgan fingerprint density at radius 3 is 2.39 bits per heavy atom. The molecule has 2 N–H and O–H groups in total. The summed E-state index contributed by atoms with van der Waals surface area (Å²) in [6, 6.07) is 9.01. The molecule has 0 aliphatic rings. The van der Waals surface area contributed by atoms with Gasteiger partial charge in [-0.05, 0) is 18.4 Å². The largest absolute Gasteiger partial charge is 0.346 e. The van der Waals surface area contributed by atoms with Crippen molar-refractivity contribution in [2.45, 2.75) is 6.92 Å². The second kappa shape index (κ2) is 6.41. The Hall–Kier alpha value is -1.54. The van der Waals surface area contributed by atoms with E-state index < -0.39 is 16.1 Å². The van der Waals surface area contributed by atoms with E-state index in [1.165, 1.54) is 0 Å². The maximum atomic E-state index is 11.4. The van der Waals surface area contributed by atoms with E-state index in [1.54, 1.807) is 23.1 Å². The molecule has 8 heteroatoms. The number of benzene rings is 1. The molecule has 0 spiro atoms. The highest BCUT2D eigenvalue weighted by Crippen LogP contribution is 2.10. The zero-order valence-electron chi connectivity index (χ0n) is 9.88. The van der Waals surface area contributed by atoms with E-state index >= 15 is 0 Å². The van der Waals surface area contributed by atoms with Gasteiger partial charge in [-0.15, -0.1) is 4.40 Å². The fraction of sp³-hybridized carbons (Fsp3) is 0.200. The summed E-state index contributed by atoms with van der Waals surface area (Å²) in [5.41, 5.74) is 0.712. The second-order valence-electron chi connectivity index (χ2n) is 3.22. The van der Waals surface area contributed by atoms with Crippen molar-refractivity contribution < 1.29 is 13.2 Å². The fourth-order valence-corrected chi connectivity index (χ4v) is 2.55. The van der Waals surface area contributed by atoms with Crippen LogP contribution in [-0.2, 0) is 15.0 Å². The Kier molecular flexibility index (Phi) is 5.17. The quantitative estimate of drug-likeness (QED) is 0.644. The van der Waals surface area contributed by atoms with Gasteiger partial charge in [0, 0.05) is 12.6 Å². The van der Waals surface area contributed by atoms with Crippen LogP contribution in [0.3, 0.4) is 0 Å². The van der Waals surface area contributed by atoms with Crippen molar-refractivity contribution in [3.05, 3.63) is 30.3 Å². The molecule has 0 saturated carbocycles. The third kappa shape index (κ3) is 5.19. The van der Waals surface area contributed by atoms with Crippen molar-refractivity contribution >= 4 is 38.7 Å². The molecule has 0 atom stereocenters. The normalized spacial score (nSPS) is 12.0. The van der Waals surface area contributed by atoms with Gasteiger partial charge < -0.3 is 5.32 Å². The standard InChI is InChI=1S/C10H13N3O3S2/c1-8(14)12-18(15,16)13-10(17-2)11-9-6-4-3-5-7-9/h3-7H,1-2H3,(H,11,13)(H,12,14). The lowest BCUT2D eigenvalue weighted by molar-refractivity contribution is -0.117. The maximum absolute atomic E-state index is 11.4. The summed E-state index contributed by atoms with van der Waals surface area (Å²) in [5, 5.41) is 3.02. The molecule has 0 saturated heterocycles. The predicted molar refractivity (Wildman–Crippen MR) is 73.8 cm³/mol. The minimum Gasteiger partial charge on any atom is -0.334 e. The molecule has 18 heavy (non-hydrogen) atoms. The molecule has 0 aliphatic carbocycles. The highest BCUT2D eigenvalue weighted by molar-refractivity contribution is 8.14. The molecular weight excluding hydrogens is 274 g/mol. The lowest BCUT2D eigenvalue weighted by Gasteiger charge is -2.07. The molecular formula is C10H13N3O3S2. The maximum Gasteiger partial charge on any atom is 0.346 e. The first-order valence-electron chi connectivity index (χ1n) is 4.92. The van der Waals surface area contributed by atoms with E-state index in [0.717, 1.165) is 18.7 Å². The molecule has 1 aromatic carbocycles. The Morgan fingerprint density at radius 2 is 1.89 bits per heavy atom. The summed E-state index contributed by atoms with van der Waals surface area (Å²) in [4.78, 5) is 10.7. The van der Waals surface area contributed by atoms with Crippen molar-refractivity contribution in [2.75, 3.05) is 11.6 Å². The van der Waals surface area contributed by atoms with E-state index in [9.17, 15) is 13.2 Å². The van der Waals surface area contributed by atoms with Crippen molar-refractivity contribution in [3.8, 4) is 0 Å². The first-order chi connectivity index (χ1) is 8.43. The molecule has 0 radical (unpaired) electrons. The summed E-state index contributed by atoms with van der Waals surface area (Å²) in [6.07, 6.45) is 1.68. The van der Waals surface area contributed by atoms with Gasteiger partial charge in [-0.3, -0.25) is 4.79 Å². The van der Waals surface area contributed by atoms with Crippen LogP contribution in [-0.4, -0.2) is 25.7 Å². The molecule has 1 amide bonds. The number of amides is 1. The monoisotopic (exact) mass is 287 g/mol. The summed E-state index contributed by atoms with van der Waals surface area (Å²) >= 11 is 1.13. The van der Waals surface area contributed by atoms with Gasteiger partial charge in [-0.2, -0.15) is 8.42 Å². The summed E-state index contributed by atoms with van der Waals surface area (Å²) in [7, 11) is -4.01. The zero-order valence-corrected chi connectivity index (χ0v) is 11.5. The third-order valence-corrected chi connectivity index (χ3v) is 3.36. The topological polar surface area (TPSA) is 87.6 Å². The van der Waals surface area contributed by atoms with Gasteiger partial charge in [0.2, 0.25) is 5.91 Å². The Labute approximate surface area is 110 Å². The van der Waals surface area contributed by atoms with E-state index in [0.29, 0.717) is 5.69 Å². The van der Waals surface area contributed by atoms with Crippen LogP contribution in [0.2, 0.25) is 0 Å². The smallest absolute Gasteiger partial charge is 0.334 e. The number of carbonyl (C=O) groups is 1. The average Bonchev–Trinajstić information content (AvgIpc) is 2.27. The fourth-order valence-electron chi connectivity index (χ4n) is 1.07. The Bertz CT molecular complexity index is 541. The van der Waals surface area contributed by atoms with E-state index in [4.69, 9.17) is 0 Å². The van der Waals surface area contributed by atoms with Gasteiger partial charge in [0.05, 0.1) is 0 Å². The number of anilines is 1. The van der Waals surface area contributed by atoms with Gasteiger partial charge in [-0.25, -0.2) is 4.72 Å². The van der Waals surface area contributed by atoms with Gasteiger partial charge in [0.25, 0.3) is 0 Å². The number of thioether (sulfide) groups is 1. The second-order valence-corrected chi connectivity index (χ2v) is 5.36. The molecule has 0 bridgehead atoms. The predicted octanol–water partition coefficient (Wildman–Crippen LogP) is 1.20. The van der Waals surface area contributed by atoms with Gasteiger partial charge in [0.1, 0.15) is 0 Å². The highest BCUT2D eigenvalue weighted by Gasteiger charge is 2.11. The molecule has 0 aromatic heterocycles. The summed E-state index contributed by atoms with van der Waals surface area (Å²) in [5.74, 6) is -0.682. The van der Waals surface area contributed by atoms with Crippen LogP contribution < -0.4 is 10.0 Å². The van der Waals surface area contributed by atoms with Crippen LogP contribution in [0.1, 0.15) is 6.92 Å². The van der Waals surface area contributed by atoms with Crippen LogP contribution in [0.4, 0.5) is 5.69 Å². The third-order valence-electron chi connectivity index (χ3n) is 1.69. The van der Waals surface area contributed by atoms with Crippen LogP contribution in [0.5, 0.6) is 0 Å². The molecule has 1 aromatic rings. The molecule has 0 aliphatic heterocycles. The lowest BCUT2D eigenvalue weighted by Crippen LogP contribution is -2.27. The van der Waals surface area contributed by atoms with Crippen LogP contribution in [0, 0.1) is 0 Å². The highest BCUT2D eigenvalue weighted by atomic mass is 32.2. The molecule has 0 heterocycles. The first kappa shape index (κ1) is 14.5. The minimum atomic E-state index is -4.01. The van der Waals surface area contributed by atoms with Crippen molar-refractivity contribution in [1.29, 1.82) is 0 Å². The number of rotatable bonds is 3. The van der Waals surface area contributed by atoms with Gasteiger partial charge >= 0.3 is 10.2 Å². The number of amidine groups is 1. The van der Waals surface area contributed by atoms with Crippen molar-refractivity contribution in [3.63, 3.8) is 0 Å². The minimum absolute atomic E-state index is 0.176. The average molecular weight is 287 g/mol. The SMILES string of the molecule is CSC(=NS(=O)(=O)NC(C)=O)Nc1ccccc1. The van der Waals surface area contributed by atoms with E-state index in [2.05, 4.69) is 9.71 Å². The number of hydrogen-bond acceptors (Lipinski definition) is 4. The zero-order chi connectivity index (χ0) is 13.6. The lowest BCUT2D eigenvalue weighted by atomic mass is 10.3. The van der Waals surface area contributed by atoms with E-state index in [-0.39, 0.29) is 5.17 Å². The summed E-state index contributed by atoms with van der Waals surface area (Å²) in [6.45, 7) is 1.11. The molecule has 0 unspecified atom stereocenters. The molecule has 6 nitrogen and oxygen atoms in total. The molecule has 1 rings (SSSR count). The Morgan fingerprint density at radius 1 is 1.28 bits per heavy atom. The van der Waals surface area contributed by atoms with E-state index in [1.807, 2.05) is 18.2 Å². The number of para-hydroxylation sites is 1. The Balaban J connectivity index is 2.87. The first-order valence-corrected chi connectivity index (χ1v) is 7.59. The van der Waals surface area contributed by atoms with Crippen LogP contribution >= 0.6 is 11.8 Å². The number of carbonyl (C=O) groups excluding carboxylic acids is 1.